The first kappa shape index (κ1) is 40.0. The number of fused-ring (bicyclic) bond motifs is 1. The molecule has 0 aliphatic rings. The molecule has 0 radical (unpaired) electrons. The van der Waals surface area contributed by atoms with E-state index in [9.17, 15) is 18.4 Å². The zero-order valence-electron chi connectivity index (χ0n) is 32.1. The second-order valence-electron chi connectivity index (χ2n) is 14.2. The Hall–Kier alpha value is -5.22. The lowest BCUT2D eigenvalue weighted by Crippen LogP contribution is -2.39. The van der Waals surface area contributed by atoms with Crippen molar-refractivity contribution in [2.75, 3.05) is 52.4 Å². The van der Waals surface area contributed by atoms with Crippen LogP contribution in [0.15, 0.2) is 95.9 Å². The van der Waals surface area contributed by atoms with E-state index in [0.29, 0.717) is 41.7 Å². The minimum Gasteiger partial charge on any atom is -0.497 e. The summed E-state index contributed by atoms with van der Waals surface area (Å²) in [7, 11) is 6.12. The summed E-state index contributed by atoms with van der Waals surface area (Å²) in [5, 5.41) is 0.280. The number of rotatable bonds is 19. The molecule has 8 nitrogen and oxygen atoms in total. The molecule has 0 saturated carbocycles. The molecular formula is C44H52F2N3O5+. The Kier molecular flexibility index (Phi) is 13.8. The van der Waals surface area contributed by atoms with E-state index in [2.05, 4.69) is 44.4 Å². The maximum atomic E-state index is 14.2. The Labute approximate surface area is 317 Å². The molecule has 1 aromatic heterocycles. The summed E-state index contributed by atoms with van der Waals surface area (Å²) >= 11 is 0. The number of hydrogen-bond donors (Lipinski definition) is 0. The Morgan fingerprint density at radius 2 is 1.46 bits per heavy atom. The second-order valence-corrected chi connectivity index (χ2v) is 14.2. The van der Waals surface area contributed by atoms with E-state index >= 15 is 0 Å². The van der Waals surface area contributed by atoms with Gasteiger partial charge in [-0.2, -0.15) is 0 Å². The minimum absolute atomic E-state index is 0.0116. The van der Waals surface area contributed by atoms with Gasteiger partial charge in [0.25, 0.3) is 5.91 Å². The summed E-state index contributed by atoms with van der Waals surface area (Å²) in [6, 6.07) is 24.0. The molecule has 0 atom stereocenters. The van der Waals surface area contributed by atoms with Gasteiger partial charge >= 0.3 is 0 Å². The summed E-state index contributed by atoms with van der Waals surface area (Å²) in [6.07, 6.45) is 7.65. The maximum Gasteiger partial charge on any atom is 0.263 e. The largest absolute Gasteiger partial charge is 0.497 e. The lowest BCUT2D eigenvalue weighted by atomic mass is 10.1. The summed E-state index contributed by atoms with van der Waals surface area (Å²) in [6.45, 7) is 6.91. The van der Waals surface area contributed by atoms with Gasteiger partial charge in [0.15, 0.2) is 0 Å². The Balaban J connectivity index is 1.35. The first-order valence-electron chi connectivity index (χ1n) is 18.8. The van der Waals surface area contributed by atoms with Crippen molar-refractivity contribution in [3.05, 3.63) is 124 Å². The Morgan fingerprint density at radius 1 is 0.778 bits per heavy atom. The van der Waals surface area contributed by atoms with Gasteiger partial charge in [0.2, 0.25) is 5.43 Å². The van der Waals surface area contributed by atoms with Crippen molar-refractivity contribution in [2.45, 2.75) is 58.9 Å². The molecule has 1 amide bonds. The van der Waals surface area contributed by atoms with E-state index < -0.39 is 23.0 Å². The highest BCUT2D eigenvalue weighted by atomic mass is 19.1. The quantitative estimate of drug-likeness (QED) is 0.0624. The molecule has 1 heterocycles. The number of carbonyl (C=O) groups is 1. The molecule has 4 aromatic carbocycles. The lowest BCUT2D eigenvalue weighted by Gasteiger charge is -2.30. The lowest BCUT2D eigenvalue weighted by molar-refractivity contribution is -0.903. The first-order valence-corrected chi connectivity index (χ1v) is 18.8. The van der Waals surface area contributed by atoms with Gasteiger partial charge in [-0.05, 0) is 56.9 Å². The van der Waals surface area contributed by atoms with Crippen molar-refractivity contribution in [3.8, 4) is 22.9 Å². The molecule has 5 aromatic rings. The average Bonchev–Trinajstić information content (AvgIpc) is 3.15. The molecule has 0 aliphatic heterocycles. The van der Waals surface area contributed by atoms with Gasteiger partial charge in [0.1, 0.15) is 41.0 Å². The smallest absolute Gasteiger partial charge is 0.263 e. The molecule has 0 spiro atoms. The van der Waals surface area contributed by atoms with E-state index in [1.807, 2.05) is 13.0 Å². The number of methoxy groups -OCH3 is 1. The van der Waals surface area contributed by atoms with Crippen LogP contribution in [0.3, 0.4) is 0 Å². The normalized spacial score (nSPS) is 11.5. The van der Waals surface area contributed by atoms with Crippen LogP contribution in [0.1, 0.15) is 68.3 Å². The van der Waals surface area contributed by atoms with Crippen LogP contribution in [0.5, 0.6) is 17.2 Å². The molecule has 0 fully saturated rings. The average molecular weight is 741 g/mol. The number of unbranched alkanes of at least 4 members (excludes halogenated alkanes) is 4. The molecule has 0 unspecified atom stereocenters. The highest BCUT2D eigenvalue weighted by molar-refractivity contribution is 6.07. The fourth-order valence-corrected chi connectivity index (χ4v) is 6.68. The molecule has 286 valence electrons. The Bertz CT molecular complexity index is 2060. The number of carbonyl (C=O) groups excluding carboxylic acids is 1. The van der Waals surface area contributed by atoms with Crippen molar-refractivity contribution < 1.29 is 32.3 Å². The van der Waals surface area contributed by atoms with Gasteiger partial charge in [-0.1, -0.05) is 50.1 Å². The number of hydrogen-bond acceptors (Lipinski definition) is 5. The van der Waals surface area contributed by atoms with Crippen LogP contribution in [0, 0.1) is 11.6 Å². The molecule has 5 rings (SSSR count). The maximum absolute atomic E-state index is 14.2. The number of nitrogens with zero attached hydrogens (tertiary/aromatic N) is 3. The van der Waals surface area contributed by atoms with Crippen LogP contribution in [-0.4, -0.2) is 62.5 Å². The molecule has 54 heavy (non-hydrogen) atoms. The number of anilines is 1. The third-order valence-electron chi connectivity index (χ3n) is 9.41. The van der Waals surface area contributed by atoms with Crippen molar-refractivity contribution in [1.82, 2.24) is 4.57 Å². The molecular weight excluding hydrogens is 688 g/mol. The van der Waals surface area contributed by atoms with Crippen molar-refractivity contribution in [1.29, 1.82) is 0 Å². The number of quaternary nitrogens is 1. The fourth-order valence-electron chi connectivity index (χ4n) is 6.68. The number of benzene rings is 4. The van der Waals surface area contributed by atoms with Crippen LogP contribution >= 0.6 is 0 Å². The number of halogens is 2. The first-order chi connectivity index (χ1) is 26.0. The van der Waals surface area contributed by atoms with Crippen molar-refractivity contribution >= 4 is 22.5 Å². The standard InChI is InChI=1S/C44H52F2N3O5/c1-6-21-53-39-27-36(26-38(28-39)52-5)48-30-41(44(51)47(7-2)35-24-33(45)23-34(46)25-35)43(50)40-19-18-37(29-42(40)48)54-22-15-10-8-9-14-20-49(3,4)31-32-16-12-11-13-17-32/h11-13,16-19,23-30H,6-10,14-15,20-22,31H2,1-5H3/q+1. The molecule has 10 heteroatoms. The van der Waals surface area contributed by atoms with Crippen LogP contribution in [0.25, 0.3) is 16.6 Å². The monoisotopic (exact) mass is 740 g/mol. The van der Waals surface area contributed by atoms with E-state index in [1.54, 1.807) is 48.9 Å². The molecule has 0 saturated heterocycles. The summed E-state index contributed by atoms with van der Waals surface area (Å²) in [5.41, 5.74) is 1.79. The third kappa shape index (κ3) is 10.5. The number of amides is 1. The summed E-state index contributed by atoms with van der Waals surface area (Å²) in [5.74, 6) is -0.669. The van der Waals surface area contributed by atoms with E-state index in [-0.39, 0.29) is 23.2 Å². The summed E-state index contributed by atoms with van der Waals surface area (Å²) < 4.78 is 48.8. The molecule has 0 bridgehead atoms. The predicted molar refractivity (Wildman–Crippen MR) is 211 cm³/mol. The topological polar surface area (TPSA) is 70.0 Å². The zero-order chi connectivity index (χ0) is 38.7. The van der Waals surface area contributed by atoms with Gasteiger partial charge in [-0.3, -0.25) is 9.59 Å². The van der Waals surface area contributed by atoms with E-state index in [4.69, 9.17) is 14.2 Å². The SMILES string of the molecule is CCCOc1cc(OC)cc(-n2cc(C(=O)N(CC)c3cc(F)cc(F)c3)c(=O)c3ccc(OCCCCCCC[N+](C)(C)Cc4ccccc4)cc32)c1. The van der Waals surface area contributed by atoms with Crippen LogP contribution in [-0.2, 0) is 6.54 Å². The van der Waals surface area contributed by atoms with Crippen LogP contribution in [0.2, 0.25) is 0 Å². The second kappa shape index (κ2) is 18.7. The predicted octanol–water partition coefficient (Wildman–Crippen LogP) is 9.34. The van der Waals surface area contributed by atoms with Crippen LogP contribution < -0.4 is 24.5 Å². The number of aromatic nitrogens is 1. The number of pyridine rings is 1. The molecule has 0 N–H and O–H groups in total. The minimum atomic E-state index is -0.825. The van der Waals surface area contributed by atoms with Crippen molar-refractivity contribution in [3.63, 3.8) is 0 Å². The van der Waals surface area contributed by atoms with Gasteiger partial charge < -0.3 is 28.2 Å². The fraction of sp³-hybridized carbons (Fsp3) is 0.364. The highest BCUT2D eigenvalue weighted by Gasteiger charge is 2.24. The highest BCUT2D eigenvalue weighted by Crippen LogP contribution is 2.30. The van der Waals surface area contributed by atoms with E-state index in [1.165, 1.54) is 16.7 Å². The molecule has 0 aliphatic carbocycles. The van der Waals surface area contributed by atoms with Gasteiger partial charge in [-0.25, -0.2) is 8.78 Å². The van der Waals surface area contributed by atoms with Gasteiger partial charge in [0, 0.05) is 59.7 Å². The van der Waals surface area contributed by atoms with E-state index in [0.717, 1.165) is 74.3 Å². The van der Waals surface area contributed by atoms with Gasteiger partial charge in [-0.15, -0.1) is 0 Å². The van der Waals surface area contributed by atoms with Gasteiger partial charge in [0.05, 0.1) is 52.2 Å². The summed E-state index contributed by atoms with van der Waals surface area (Å²) in [4.78, 5) is 29.2. The third-order valence-corrected chi connectivity index (χ3v) is 9.41. The zero-order valence-corrected chi connectivity index (χ0v) is 32.1. The van der Waals surface area contributed by atoms with Crippen molar-refractivity contribution in [2.24, 2.45) is 0 Å². The number of ether oxygens (including phenoxy) is 3. The van der Waals surface area contributed by atoms with Crippen LogP contribution in [0.4, 0.5) is 14.5 Å². The Morgan fingerprint density at radius 3 is 2.17 bits per heavy atom.